The van der Waals surface area contributed by atoms with Gasteiger partial charge in [0.25, 0.3) is 5.91 Å². The molecular formula is C21H19FN2O4. The number of nitrogens with zero attached hydrogens (tertiary/aromatic N) is 1. The monoisotopic (exact) mass is 382 g/mol. The third kappa shape index (κ3) is 4.20. The molecule has 1 fully saturated rings. The Morgan fingerprint density at radius 3 is 2.96 bits per heavy atom. The van der Waals surface area contributed by atoms with Crippen LogP contribution in [0.5, 0.6) is 5.75 Å². The van der Waals surface area contributed by atoms with Gasteiger partial charge in [-0.1, -0.05) is 18.2 Å². The summed E-state index contributed by atoms with van der Waals surface area (Å²) in [5.41, 5.74) is 1.67. The van der Waals surface area contributed by atoms with E-state index in [0.717, 1.165) is 18.4 Å². The van der Waals surface area contributed by atoms with E-state index in [-0.39, 0.29) is 30.1 Å². The van der Waals surface area contributed by atoms with Crippen molar-refractivity contribution in [2.45, 2.75) is 25.6 Å². The molecule has 1 aliphatic rings. The molecule has 1 amide bonds. The number of halogens is 1. The van der Waals surface area contributed by atoms with Crippen LogP contribution in [0.3, 0.4) is 0 Å². The molecule has 28 heavy (non-hydrogen) atoms. The van der Waals surface area contributed by atoms with Crippen molar-refractivity contribution in [1.82, 2.24) is 4.98 Å². The fourth-order valence-corrected chi connectivity index (χ4v) is 3.09. The van der Waals surface area contributed by atoms with Gasteiger partial charge in [0.1, 0.15) is 24.3 Å². The molecule has 3 aromatic rings. The summed E-state index contributed by atoms with van der Waals surface area (Å²) in [5.74, 6) is 0.189. The summed E-state index contributed by atoms with van der Waals surface area (Å²) in [6.45, 7) is 0.901. The van der Waals surface area contributed by atoms with Gasteiger partial charge in [-0.15, -0.1) is 0 Å². The van der Waals surface area contributed by atoms with Crippen molar-refractivity contribution < 1.29 is 23.1 Å². The van der Waals surface area contributed by atoms with Crippen molar-refractivity contribution in [2.24, 2.45) is 0 Å². The SMILES string of the molecule is O=C(Nc1cccc(COc2cccc(F)c2)c1)c1ncoc1C1CCCO1. The van der Waals surface area contributed by atoms with Crippen LogP contribution in [-0.4, -0.2) is 17.5 Å². The average molecular weight is 382 g/mol. The fraction of sp³-hybridized carbons (Fsp3) is 0.238. The first-order valence-electron chi connectivity index (χ1n) is 9.03. The Morgan fingerprint density at radius 1 is 1.25 bits per heavy atom. The quantitative estimate of drug-likeness (QED) is 0.680. The minimum Gasteiger partial charge on any atom is -0.489 e. The standard InChI is InChI=1S/C21H19FN2O4/c22-15-5-2-7-17(11-15)27-12-14-4-1-6-16(10-14)24-21(25)19-20(28-13-23-19)18-8-3-9-26-18/h1-2,4-7,10-11,13,18H,3,8-9,12H2,(H,24,25). The van der Waals surface area contributed by atoms with Crippen molar-refractivity contribution in [1.29, 1.82) is 0 Å². The second-order valence-corrected chi connectivity index (χ2v) is 6.47. The topological polar surface area (TPSA) is 73.6 Å². The Morgan fingerprint density at radius 2 is 2.14 bits per heavy atom. The van der Waals surface area contributed by atoms with E-state index >= 15 is 0 Å². The zero-order valence-electron chi connectivity index (χ0n) is 15.1. The molecule has 0 saturated carbocycles. The molecule has 1 N–H and O–H groups in total. The molecule has 1 saturated heterocycles. The smallest absolute Gasteiger partial charge is 0.278 e. The molecule has 1 aliphatic heterocycles. The maximum atomic E-state index is 13.2. The van der Waals surface area contributed by atoms with Gasteiger partial charge in [0.15, 0.2) is 17.8 Å². The van der Waals surface area contributed by atoms with E-state index in [2.05, 4.69) is 10.3 Å². The van der Waals surface area contributed by atoms with Gasteiger partial charge >= 0.3 is 0 Å². The maximum absolute atomic E-state index is 13.2. The van der Waals surface area contributed by atoms with Crippen LogP contribution < -0.4 is 10.1 Å². The minimum atomic E-state index is -0.359. The minimum absolute atomic E-state index is 0.228. The Balaban J connectivity index is 1.42. The van der Waals surface area contributed by atoms with Crippen molar-refractivity contribution in [3.8, 4) is 5.75 Å². The molecule has 1 unspecified atom stereocenters. The first-order valence-corrected chi connectivity index (χ1v) is 9.03. The van der Waals surface area contributed by atoms with Crippen molar-refractivity contribution >= 4 is 11.6 Å². The largest absolute Gasteiger partial charge is 0.489 e. The first-order chi connectivity index (χ1) is 13.7. The lowest BCUT2D eigenvalue weighted by Crippen LogP contribution is -2.15. The van der Waals surface area contributed by atoms with Crippen LogP contribution in [0.15, 0.2) is 59.3 Å². The number of benzene rings is 2. The number of anilines is 1. The van der Waals surface area contributed by atoms with E-state index in [4.69, 9.17) is 13.9 Å². The summed E-state index contributed by atoms with van der Waals surface area (Å²) in [6.07, 6.45) is 2.77. The van der Waals surface area contributed by atoms with Gasteiger partial charge in [-0.3, -0.25) is 4.79 Å². The van der Waals surface area contributed by atoms with E-state index in [1.54, 1.807) is 24.3 Å². The summed E-state index contributed by atoms with van der Waals surface area (Å²) in [4.78, 5) is 16.7. The highest BCUT2D eigenvalue weighted by atomic mass is 19.1. The number of hydrogen-bond acceptors (Lipinski definition) is 5. The number of hydrogen-bond donors (Lipinski definition) is 1. The first kappa shape index (κ1) is 18.2. The highest BCUT2D eigenvalue weighted by Crippen LogP contribution is 2.30. The number of nitrogens with one attached hydrogen (secondary N) is 1. The molecule has 1 aromatic heterocycles. The molecule has 7 heteroatoms. The fourth-order valence-electron chi connectivity index (χ4n) is 3.09. The molecule has 0 radical (unpaired) electrons. The molecule has 1 atom stereocenters. The zero-order chi connectivity index (χ0) is 19.3. The average Bonchev–Trinajstić information content (AvgIpc) is 3.38. The Bertz CT molecular complexity index is 966. The summed E-state index contributed by atoms with van der Waals surface area (Å²) in [6, 6.07) is 13.2. The molecule has 6 nitrogen and oxygen atoms in total. The number of oxazole rings is 1. The number of aromatic nitrogens is 1. The predicted molar refractivity (Wildman–Crippen MR) is 99.6 cm³/mol. The van der Waals surface area contributed by atoms with Crippen LogP contribution in [0.1, 0.15) is 40.8 Å². The molecule has 0 aliphatic carbocycles. The van der Waals surface area contributed by atoms with Crippen LogP contribution >= 0.6 is 0 Å². The van der Waals surface area contributed by atoms with Crippen molar-refractivity contribution in [2.75, 3.05) is 11.9 Å². The van der Waals surface area contributed by atoms with Gasteiger partial charge in [0.2, 0.25) is 0 Å². The molecular weight excluding hydrogens is 363 g/mol. The van der Waals surface area contributed by atoms with E-state index in [9.17, 15) is 9.18 Å². The normalized spacial score (nSPS) is 16.1. The highest BCUT2D eigenvalue weighted by Gasteiger charge is 2.28. The van der Waals surface area contributed by atoms with Gasteiger partial charge in [-0.2, -0.15) is 0 Å². The van der Waals surface area contributed by atoms with Gasteiger partial charge in [-0.05, 0) is 42.7 Å². The summed E-state index contributed by atoms with van der Waals surface area (Å²) in [7, 11) is 0. The van der Waals surface area contributed by atoms with Gasteiger partial charge in [0.05, 0.1) is 0 Å². The van der Waals surface area contributed by atoms with E-state index in [0.29, 0.717) is 23.8 Å². The lowest BCUT2D eigenvalue weighted by molar-refractivity contribution is 0.0889. The number of rotatable bonds is 6. The van der Waals surface area contributed by atoms with Crippen molar-refractivity contribution in [3.63, 3.8) is 0 Å². The number of carbonyl (C=O) groups is 1. The third-order valence-electron chi connectivity index (χ3n) is 4.42. The zero-order valence-corrected chi connectivity index (χ0v) is 15.1. The van der Waals surface area contributed by atoms with Crippen LogP contribution in [0.25, 0.3) is 0 Å². The second-order valence-electron chi connectivity index (χ2n) is 6.47. The van der Waals surface area contributed by atoms with Gasteiger partial charge in [0, 0.05) is 18.4 Å². The van der Waals surface area contributed by atoms with E-state index < -0.39 is 0 Å². The Kier molecular flexibility index (Phi) is 5.34. The molecule has 2 heterocycles. The lowest BCUT2D eigenvalue weighted by atomic mass is 10.1. The number of ether oxygens (including phenoxy) is 2. The van der Waals surface area contributed by atoms with Crippen LogP contribution in [0.2, 0.25) is 0 Å². The van der Waals surface area contributed by atoms with Crippen LogP contribution in [0, 0.1) is 5.82 Å². The molecule has 144 valence electrons. The van der Waals surface area contributed by atoms with Gasteiger partial charge < -0.3 is 19.2 Å². The lowest BCUT2D eigenvalue weighted by Gasteiger charge is -2.10. The number of carbonyl (C=O) groups excluding carboxylic acids is 1. The molecule has 0 spiro atoms. The van der Waals surface area contributed by atoms with Crippen LogP contribution in [0.4, 0.5) is 10.1 Å². The van der Waals surface area contributed by atoms with Gasteiger partial charge in [-0.25, -0.2) is 9.37 Å². The summed E-state index contributed by atoms with van der Waals surface area (Å²) >= 11 is 0. The molecule has 0 bridgehead atoms. The summed E-state index contributed by atoms with van der Waals surface area (Å²) < 4.78 is 29.8. The Hall–Kier alpha value is -3.19. The van der Waals surface area contributed by atoms with E-state index in [1.165, 1.54) is 18.5 Å². The second kappa shape index (κ2) is 8.22. The maximum Gasteiger partial charge on any atom is 0.278 e. The third-order valence-corrected chi connectivity index (χ3v) is 4.42. The highest BCUT2D eigenvalue weighted by molar-refractivity contribution is 6.03. The Labute approximate surface area is 161 Å². The summed E-state index contributed by atoms with van der Waals surface area (Å²) in [5, 5.41) is 2.82. The van der Waals surface area contributed by atoms with E-state index in [1.807, 2.05) is 12.1 Å². The molecule has 2 aromatic carbocycles. The van der Waals surface area contributed by atoms with Crippen LogP contribution in [-0.2, 0) is 11.3 Å². The molecule has 4 rings (SSSR count). The number of amides is 1. The van der Waals surface area contributed by atoms with Crippen molar-refractivity contribution in [3.05, 3.63) is 77.8 Å². The predicted octanol–water partition coefficient (Wildman–Crippen LogP) is 4.50.